The van der Waals surface area contributed by atoms with E-state index in [1.807, 2.05) is 42.5 Å². The van der Waals surface area contributed by atoms with Crippen LogP contribution in [0.25, 0.3) is 33.0 Å². The van der Waals surface area contributed by atoms with Crippen molar-refractivity contribution in [2.75, 3.05) is 0 Å². The molecule has 0 amide bonds. The summed E-state index contributed by atoms with van der Waals surface area (Å²) < 4.78 is 1.28. The molecule has 0 N–H and O–H groups in total. The molecule has 0 aliphatic carbocycles. The molecular formula is C23H16ClNO3. The zero-order chi connectivity index (χ0) is 19.7. The van der Waals surface area contributed by atoms with Crippen LogP contribution in [0, 0.1) is 0 Å². The highest BCUT2D eigenvalue weighted by Gasteiger charge is 2.15. The number of carbonyl (C=O) groups excluding carboxylic acids is 1. The molecule has 138 valence electrons. The van der Waals surface area contributed by atoms with E-state index in [9.17, 15) is 9.59 Å². The summed E-state index contributed by atoms with van der Waals surface area (Å²) in [5.74, 6) is -0.477. The number of pyridine rings is 1. The van der Waals surface area contributed by atoms with Crippen molar-refractivity contribution in [1.29, 1.82) is 0 Å². The van der Waals surface area contributed by atoms with E-state index in [1.165, 1.54) is 17.9 Å². The fraction of sp³-hybridized carbons (Fsp3) is 0.0435. The predicted molar refractivity (Wildman–Crippen MR) is 111 cm³/mol. The van der Waals surface area contributed by atoms with E-state index in [-0.39, 0.29) is 5.43 Å². The third-order valence-electron chi connectivity index (χ3n) is 4.47. The van der Waals surface area contributed by atoms with Gasteiger partial charge in [0.2, 0.25) is 0 Å². The molecule has 3 aromatic carbocycles. The number of halogens is 1. The Morgan fingerprint density at radius 1 is 0.857 bits per heavy atom. The largest absolute Gasteiger partial charge is 0.337 e. The second-order valence-electron chi connectivity index (χ2n) is 6.39. The Kier molecular flexibility index (Phi) is 4.72. The highest BCUT2D eigenvalue weighted by molar-refractivity contribution is 6.30. The van der Waals surface area contributed by atoms with Crippen LogP contribution in [0.15, 0.2) is 83.9 Å². The van der Waals surface area contributed by atoms with E-state index in [0.717, 1.165) is 16.3 Å². The van der Waals surface area contributed by atoms with E-state index < -0.39 is 5.97 Å². The van der Waals surface area contributed by atoms with Gasteiger partial charge in [0.1, 0.15) is 0 Å². The second kappa shape index (κ2) is 7.33. The molecule has 1 aromatic heterocycles. The van der Waals surface area contributed by atoms with Gasteiger partial charge in [-0.1, -0.05) is 66.2 Å². The zero-order valence-corrected chi connectivity index (χ0v) is 15.8. The number of nitrogens with zero attached hydrogens (tertiary/aromatic N) is 1. The molecule has 0 fully saturated rings. The number of benzene rings is 3. The number of hydrogen-bond acceptors (Lipinski definition) is 3. The summed E-state index contributed by atoms with van der Waals surface area (Å²) in [7, 11) is 0. The van der Waals surface area contributed by atoms with Crippen molar-refractivity contribution >= 4 is 28.3 Å². The minimum Gasteiger partial charge on any atom is -0.337 e. The Labute approximate surface area is 166 Å². The molecule has 5 heteroatoms. The van der Waals surface area contributed by atoms with Crippen LogP contribution in [-0.2, 0) is 4.79 Å². The molecule has 0 aliphatic heterocycles. The minimum absolute atomic E-state index is 0.151. The van der Waals surface area contributed by atoms with E-state index in [2.05, 4.69) is 0 Å². The van der Waals surface area contributed by atoms with Gasteiger partial charge in [0.15, 0.2) is 5.43 Å². The molecule has 0 saturated heterocycles. The molecule has 0 bridgehead atoms. The van der Waals surface area contributed by atoms with Gasteiger partial charge in [-0.3, -0.25) is 4.79 Å². The molecule has 0 unspecified atom stereocenters. The van der Waals surface area contributed by atoms with Gasteiger partial charge in [-0.15, -0.1) is 0 Å². The average molecular weight is 390 g/mol. The summed E-state index contributed by atoms with van der Waals surface area (Å²) in [5.41, 5.74) is 2.19. The Bertz CT molecular complexity index is 1240. The molecule has 0 aliphatic rings. The number of carbonyl (C=O) groups is 1. The Morgan fingerprint density at radius 3 is 2.29 bits per heavy atom. The molecule has 0 radical (unpaired) electrons. The smallest absolute Gasteiger partial charge is 0.329 e. The van der Waals surface area contributed by atoms with Crippen molar-refractivity contribution in [3.63, 3.8) is 0 Å². The molecule has 1 heterocycles. The van der Waals surface area contributed by atoms with Gasteiger partial charge >= 0.3 is 5.97 Å². The first-order valence-electron chi connectivity index (χ1n) is 8.72. The molecule has 0 atom stereocenters. The number of aromatic nitrogens is 1. The summed E-state index contributed by atoms with van der Waals surface area (Å²) >= 11 is 5.98. The third kappa shape index (κ3) is 3.42. The summed E-state index contributed by atoms with van der Waals surface area (Å²) in [6, 6.07) is 20.6. The Balaban J connectivity index is 2.01. The van der Waals surface area contributed by atoms with Crippen LogP contribution in [-0.4, -0.2) is 10.7 Å². The summed E-state index contributed by atoms with van der Waals surface area (Å²) in [4.78, 5) is 30.1. The Hall–Kier alpha value is -3.37. The van der Waals surface area contributed by atoms with Gasteiger partial charge in [0, 0.05) is 17.5 Å². The monoisotopic (exact) mass is 389 g/mol. The molecular weight excluding hydrogens is 374 g/mol. The quantitative estimate of drug-likeness (QED) is 0.497. The van der Waals surface area contributed by atoms with Crippen molar-refractivity contribution in [2.24, 2.45) is 0 Å². The molecule has 0 saturated carbocycles. The summed E-state index contributed by atoms with van der Waals surface area (Å²) in [5, 5.41) is 2.55. The number of fused-ring (bicyclic) bond motifs is 1. The van der Waals surface area contributed by atoms with Crippen molar-refractivity contribution in [2.45, 2.75) is 6.92 Å². The van der Waals surface area contributed by atoms with Gasteiger partial charge in [-0.2, -0.15) is 4.73 Å². The van der Waals surface area contributed by atoms with Gasteiger partial charge in [-0.25, -0.2) is 4.79 Å². The molecule has 0 spiro atoms. The lowest BCUT2D eigenvalue weighted by molar-refractivity contribution is -0.141. The summed E-state index contributed by atoms with van der Waals surface area (Å²) in [6.45, 7) is 1.32. The van der Waals surface area contributed by atoms with E-state index in [0.29, 0.717) is 21.7 Å². The van der Waals surface area contributed by atoms with Crippen LogP contribution in [0.1, 0.15) is 6.92 Å². The Morgan fingerprint density at radius 2 is 1.54 bits per heavy atom. The predicted octanol–water partition coefficient (Wildman–Crippen LogP) is 4.96. The van der Waals surface area contributed by atoms with Crippen LogP contribution >= 0.6 is 11.6 Å². The van der Waals surface area contributed by atoms with Gasteiger partial charge < -0.3 is 4.84 Å². The maximum absolute atomic E-state index is 13.3. The van der Waals surface area contributed by atoms with E-state index >= 15 is 0 Å². The van der Waals surface area contributed by atoms with Crippen LogP contribution in [0.2, 0.25) is 5.02 Å². The topological polar surface area (TPSA) is 48.3 Å². The maximum atomic E-state index is 13.3. The van der Waals surface area contributed by atoms with E-state index in [1.54, 1.807) is 30.5 Å². The van der Waals surface area contributed by atoms with E-state index in [4.69, 9.17) is 16.4 Å². The highest BCUT2D eigenvalue weighted by atomic mass is 35.5. The first kappa shape index (κ1) is 18.0. The highest BCUT2D eigenvalue weighted by Crippen LogP contribution is 2.28. The molecule has 4 rings (SSSR count). The number of hydrogen-bond donors (Lipinski definition) is 0. The summed E-state index contributed by atoms with van der Waals surface area (Å²) in [6.07, 6.45) is 3.06. The van der Waals surface area contributed by atoms with Crippen molar-refractivity contribution in [3.8, 4) is 22.3 Å². The standard InChI is InChI=1S/C23H16ClNO3/c1-15(26)28-25-13-21(17-9-11-18(24)12-10-17)23(27)22(14-25)20-8-4-6-16-5-2-3-7-19(16)20/h2-14H,1H3. The lowest BCUT2D eigenvalue weighted by atomic mass is 9.96. The average Bonchev–Trinajstić information content (AvgIpc) is 2.69. The third-order valence-corrected chi connectivity index (χ3v) is 4.72. The minimum atomic E-state index is -0.477. The lowest BCUT2D eigenvalue weighted by Crippen LogP contribution is -2.21. The normalized spacial score (nSPS) is 10.8. The molecule has 4 aromatic rings. The maximum Gasteiger partial charge on any atom is 0.329 e. The molecule has 4 nitrogen and oxygen atoms in total. The van der Waals surface area contributed by atoms with Crippen LogP contribution in [0.3, 0.4) is 0 Å². The fourth-order valence-corrected chi connectivity index (χ4v) is 3.37. The van der Waals surface area contributed by atoms with Crippen molar-refractivity contribution in [3.05, 3.63) is 94.4 Å². The van der Waals surface area contributed by atoms with Gasteiger partial charge in [0.25, 0.3) is 0 Å². The first-order valence-corrected chi connectivity index (χ1v) is 9.10. The van der Waals surface area contributed by atoms with Crippen LogP contribution in [0.5, 0.6) is 0 Å². The van der Waals surface area contributed by atoms with Gasteiger partial charge in [-0.05, 0) is 34.0 Å². The van der Waals surface area contributed by atoms with Crippen LogP contribution in [0.4, 0.5) is 0 Å². The SMILES string of the molecule is CC(=O)On1cc(-c2ccc(Cl)cc2)c(=O)c(-c2cccc3ccccc23)c1. The fourth-order valence-electron chi connectivity index (χ4n) is 3.24. The first-order chi connectivity index (χ1) is 13.5. The zero-order valence-electron chi connectivity index (χ0n) is 15.1. The van der Waals surface area contributed by atoms with Crippen molar-refractivity contribution in [1.82, 2.24) is 4.73 Å². The second-order valence-corrected chi connectivity index (χ2v) is 6.83. The van der Waals surface area contributed by atoms with Crippen molar-refractivity contribution < 1.29 is 9.63 Å². The number of rotatable bonds is 3. The molecule has 28 heavy (non-hydrogen) atoms. The van der Waals surface area contributed by atoms with Gasteiger partial charge in [0.05, 0.1) is 18.0 Å². The lowest BCUT2D eigenvalue weighted by Gasteiger charge is -2.13. The van der Waals surface area contributed by atoms with Crippen LogP contribution < -0.4 is 10.3 Å².